The highest BCUT2D eigenvalue weighted by molar-refractivity contribution is 5.79. The Labute approximate surface area is 288 Å². The minimum Gasteiger partial charge on any atom is -0.355 e. The minimum absolute atomic E-state index is 0.0591. The Hall–Kier alpha value is -2.44. The van der Waals surface area contributed by atoms with Crippen LogP contribution in [0.3, 0.4) is 0 Å². The molecular formula is C32H68N12O4. The number of nitrogens with one attached hydrogen (secondary N) is 4. The van der Waals surface area contributed by atoms with Crippen molar-refractivity contribution >= 4 is 23.6 Å². The first-order valence-electron chi connectivity index (χ1n) is 18.1. The largest absolute Gasteiger partial charge is 0.355 e. The van der Waals surface area contributed by atoms with Gasteiger partial charge in [-0.1, -0.05) is 0 Å². The van der Waals surface area contributed by atoms with E-state index in [1.807, 2.05) is 0 Å². The molecule has 1 fully saturated rings. The lowest BCUT2D eigenvalue weighted by Gasteiger charge is -2.33. The number of nitrogens with two attached hydrogens (primary N) is 4. The molecule has 0 spiro atoms. The van der Waals surface area contributed by atoms with E-state index in [0.29, 0.717) is 105 Å². The molecule has 16 nitrogen and oxygen atoms in total. The van der Waals surface area contributed by atoms with Gasteiger partial charge in [-0.05, 0) is 77.5 Å². The number of carbonyl (C=O) groups excluding carboxylic acids is 4. The van der Waals surface area contributed by atoms with Crippen LogP contribution in [0, 0.1) is 0 Å². The monoisotopic (exact) mass is 685 g/mol. The van der Waals surface area contributed by atoms with Gasteiger partial charge in [-0.3, -0.25) is 38.8 Å². The smallest absolute Gasteiger partial charge is 0.234 e. The van der Waals surface area contributed by atoms with Gasteiger partial charge in [-0.15, -0.1) is 0 Å². The summed E-state index contributed by atoms with van der Waals surface area (Å²) in [6.45, 7) is 10.1. The Morgan fingerprint density at radius 1 is 0.354 bits per heavy atom. The Kier molecular flexibility index (Phi) is 26.8. The molecule has 0 bridgehead atoms. The SMILES string of the molecule is NCCCCNC(=O)CN1CCN(CC(=O)NCCCCN)CCN(CC(=O)NCCCCN)CCN(CC(=O)NCCCCN)CC1. The highest BCUT2D eigenvalue weighted by Gasteiger charge is 2.21. The lowest BCUT2D eigenvalue weighted by atomic mass is 10.3. The molecule has 1 rings (SSSR count). The van der Waals surface area contributed by atoms with Gasteiger partial charge in [0.25, 0.3) is 0 Å². The van der Waals surface area contributed by atoms with Crippen molar-refractivity contribution in [3.8, 4) is 0 Å². The minimum atomic E-state index is -0.0591. The molecule has 4 amide bonds. The molecule has 0 saturated carbocycles. The van der Waals surface area contributed by atoms with Gasteiger partial charge in [-0.2, -0.15) is 0 Å². The molecular weight excluding hydrogens is 616 g/mol. The first-order valence-corrected chi connectivity index (χ1v) is 18.1. The van der Waals surface area contributed by atoms with Gasteiger partial charge in [-0.25, -0.2) is 0 Å². The predicted octanol–water partition coefficient (Wildman–Crippen LogP) is -3.37. The summed E-state index contributed by atoms with van der Waals surface area (Å²) in [5.41, 5.74) is 22.4. The summed E-state index contributed by atoms with van der Waals surface area (Å²) in [7, 11) is 0. The van der Waals surface area contributed by atoms with Crippen LogP contribution in [0.15, 0.2) is 0 Å². The predicted molar refractivity (Wildman–Crippen MR) is 191 cm³/mol. The number of hydrogen-bond donors (Lipinski definition) is 8. The van der Waals surface area contributed by atoms with Crippen molar-refractivity contribution in [2.24, 2.45) is 22.9 Å². The van der Waals surface area contributed by atoms with Crippen LogP contribution in [-0.2, 0) is 19.2 Å². The maximum absolute atomic E-state index is 12.9. The highest BCUT2D eigenvalue weighted by atomic mass is 16.2. The van der Waals surface area contributed by atoms with E-state index in [-0.39, 0.29) is 49.8 Å². The summed E-state index contributed by atoms with van der Waals surface area (Å²) in [6.07, 6.45) is 6.71. The molecule has 0 atom stereocenters. The van der Waals surface area contributed by atoms with Gasteiger partial charge in [0.1, 0.15) is 0 Å². The number of carbonyl (C=O) groups is 4. The molecule has 0 unspecified atom stereocenters. The molecule has 12 N–H and O–H groups in total. The Bertz CT molecular complexity index is 717. The lowest BCUT2D eigenvalue weighted by molar-refractivity contribution is -0.125. The molecule has 0 aliphatic carbocycles. The number of unbranched alkanes of at least 4 members (excludes halogenated alkanes) is 4. The third-order valence-electron chi connectivity index (χ3n) is 8.21. The van der Waals surface area contributed by atoms with Crippen molar-refractivity contribution in [2.45, 2.75) is 51.4 Å². The van der Waals surface area contributed by atoms with Gasteiger partial charge in [0.05, 0.1) is 26.2 Å². The van der Waals surface area contributed by atoms with Crippen molar-refractivity contribution < 1.29 is 19.2 Å². The maximum Gasteiger partial charge on any atom is 0.234 e. The van der Waals surface area contributed by atoms with Gasteiger partial charge < -0.3 is 44.2 Å². The maximum atomic E-state index is 12.9. The van der Waals surface area contributed by atoms with Crippen LogP contribution in [0.2, 0.25) is 0 Å². The summed E-state index contributed by atoms with van der Waals surface area (Å²) < 4.78 is 0. The third-order valence-corrected chi connectivity index (χ3v) is 8.21. The van der Waals surface area contributed by atoms with Crippen LogP contribution < -0.4 is 44.2 Å². The molecule has 0 aromatic carbocycles. The zero-order valence-corrected chi connectivity index (χ0v) is 29.5. The summed E-state index contributed by atoms with van der Waals surface area (Å²) >= 11 is 0. The summed E-state index contributed by atoms with van der Waals surface area (Å²) in [4.78, 5) is 59.8. The van der Waals surface area contributed by atoms with Crippen LogP contribution in [0.5, 0.6) is 0 Å². The third kappa shape index (κ3) is 23.8. The molecule has 1 aliphatic heterocycles. The summed E-state index contributed by atoms with van der Waals surface area (Å²) in [6, 6.07) is 0. The number of amides is 4. The normalized spacial score (nSPS) is 16.1. The fraction of sp³-hybridized carbons (Fsp3) is 0.875. The topological polar surface area (TPSA) is 233 Å². The van der Waals surface area contributed by atoms with E-state index >= 15 is 0 Å². The average Bonchev–Trinajstić information content (AvgIpc) is 3.06. The van der Waals surface area contributed by atoms with Crippen LogP contribution in [0.4, 0.5) is 0 Å². The van der Waals surface area contributed by atoms with Crippen molar-refractivity contribution in [2.75, 3.05) is 131 Å². The average molecular weight is 685 g/mol. The van der Waals surface area contributed by atoms with Crippen molar-refractivity contribution in [3.05, 3.63) is 0 Å². The second-order valence-electron chi connectivity index (χ2n) is 12.5. The zero-order valence-electron chi connectivity index (χ0n) is 29.5. The van der Waals surface area contributed by atoms with Crippen LogP contribution in [0.1, 0.15) is 51.4 Å². The zero-order chi connectivity index (χ0) is 35.2. The molecule has 1 aliphatic rings. The molecule has 16 heteroatoms. The van der Waals surface area contributed by atoms with Gasteiger partial charge >= 0.3 is 0 Å². The number of rotatable bonds is 24. The molecule has 48 heavy (non-hydrogen) atoms. The number of nitrogens with zero attached hydrogens (tertiary/aromatic N) is 4. The second-order valence-corrected chi connectivity index (χ2v) is 12.5. The fourth-order valence-electron chi connectivity index (χ4n) is 5.24. The molecule has 1 saturated heterocycles. The first-order chi connectivity index (χ1) is 23.3. The van der Waals surface area contributed by atoms with Crippen LogP contribution in [-0.4, -0.2) is 174 Å². The molecule has 0 aromatic heterocycles. The fourth-order valence-corrected chi connectivity index (χ4v) is 5.24. The Morgan fingerprint density at radius 2 is 0.542 bits per heavy atom. The van der Waals surface area contributed by atoms with E-state index < -0.39 is 0 Å². The van der Waals surface area contributed by atoms with Gasteiger partial charge in [0.15, 0.2) is 0 Å². The first kappa shape index (κ1) is 43.6. The van der Waals surface area contributed by atoms with Crippen molar-refractivity contribution in [1.82, 2.24) is 40.9 Å². The van der Waals surface area contributed by atoms with Crippen molar-refractivity contribution in [1.29, 1.82) is 0 Å². The van der Waals surface area contributed by atoms with Gasteiger partial charge in [0, 0.05) is 78.5 Å². The molecule has 280 valence electrons. The van der Waals surface area contributed by atoms with E-state index in [1.165, 1.54) is 0 Å². The van der Waals surface area contributed by atoms with E-state index in [9.17, 15) is 19.2 Å². The Morgan fingerprint density at radius 3 is 0.708 bits per heavy atom. The van der Waals surface area contributed by atoms with E-state index in [4.69, 9.17) is 22.9 Å². The van der Waals surface area contributed by atoms with Crippen LogP contribution in [0.25, 0.3) is 0 Å². The molecule has 0 radical (unpaired) electrons. The molecule has 0 aromatic rings. The van der Waals surface area contributed by atoms with E-state index in [2.05, 4.69) is 40.9 Å². The highest BCUT2D eigenvalue weighted by Crippen LogP contribution is 2.02. The van der Waals surface area contributed by atoms with E-state index in [1.54, 1.807) is 0 Å². The quantitative estimate of drug-likeness (QED) is 0.0466. The lowest BCUT2D eigenvalue weighted by Crippen LogP contribution is -2.51. The number of hydrogen-bond acceptors (Lipinski definition) is 12. The van der Waals surface area contributed by atoms with Crippen LogP contribution >= 0.6 is 0 Å². The Balaban J connectivity index is 3.05. The standard InChI is InChI=1S/C32H68N12O4/c33-9-1-5-13-37-29(45)25-41-17-19-42(26-30(46)38-14-6-2-10-34)21-23-44(28-32(48)40-16-8-4-12-36)24-22-43(20-18-41)27-31(47)39-15-7-3-11-35/h1-28,33-36H2,(H,37,45)(H,38,46)(H,39,47)(H,40,48). The molecule has 1 heterocycles. The van der Waals surface area contributed by atoms with Crippen molar-refractivity contribution in [3.63, 3.8) is 0 Å². The second kappa shape index (κ2) is 29.5. The van der Waals surface area contributed by atoms with E-state index in [0.717, 1.165) is 51.4 Å². The summed E-state index contributed by atoms with van der Waals surface area (Å²) in [5.74, 6) is -0.236. The summed E-state index contributed by atoms with van der Waals surface area (Å²) in [5, 5.41) is 12.0. The van der Waals surface area contributed by atoms with Gasteiger partial charge in [0.2, 0.25) is 23.6 Å².